The van der Waals surface area contributed by atoms with Crippen LogP contribution in [-0.4, -0.2) is 16.4 Å². The molecule has 2 amide bonds. The number of aromatic nitrogens is 1. The first-order chi connectivity index (χ1) is 17.7. The molecule has 0 atom stereocenters. The van der Waals surface area contributed by atoms with E-state index in [1.165, 1.54) is 11.6 Å². The van der Waals surface area contributed by atoms with Crippen molar-refractivity contribution in [3.05, 3.63) is 132 Å². The molecule has 5 rings (SSSR count). The standard InChI is InChI=1S/C30H25N3O3/c34-29(32-25-11-6-10-23(18-25)30(35)31-19-26-12-7-17-36-26)16-15-24-21-33(20-22-8-2-1-3-9-22)28-14-5-4-13-27(24)28/h1-18,21H,19-20H2,(H,31,35)(H,32,34)/b16-15+. The van der Waals surface area contributed by atoms with Gasteiger partial charge in [0, 0.05) is 46.5 Å². The van der Waals surface area contributed by atoms with Crippen LogP contribution in [0.2, 0.25) is 0 Å². The topological polar surface area (TPSA) is 76.3 Å². The Balaban J connectivity index is 1.27. The number of para-hydroxylation sites is 1. The summed E-state index contributed by atoms with van der Waals surface area (Å²) in [4.78, 5) is 25.1. The van der Waals surface area contributed by atoms with Gasteiger partial charge in [0.15, 0.2) is 0 Å². The first kappa shape index (κ1) is 22.9. The van der Waals surface area contributed by atoms with Crippen LogP contribution in [0.5, 0.6) is 0 Å². The summed E-state index contributed by atoms with van der Waals surface area (Å²) in [5.74, 6) is 0.148. The summed E-state index contributed by atoms with van der Waals surface area (Å²) in [6.45, 7) is 1.04. The number of fused-ring (bicyclic) bond motifs is 1. The van der Waals surface area contributed by atoms with Gasteiger partial charge in [0.1, 0.15) is 5.76 Å². The highest BCUT2D eigenvalue weighted by Gasteiger charge is 2.09. The van der Waals surface area contributed by atoms with E-state index in [4.69, 9.17) is 4.42 Å². The summed E-state index contributed by atoms with van der Waals surface area (Å²) in [6, 6.07) is 28.8. The molecule has 2 aromatic heterocycles. The highest BCUT2D eigenvalue weighted by molar-refractivity contribution is 6.04. The largest absolute Gasteiger partial charge is 0.467 e. The molecular weight excluding hydrogens is 450 g/mol. The Kier molecular flexibility index (Phi) is 6.76. The number of amides is 2. The summed E-state index contributed by atoms with van der Waals surface area (Å²) in [7, 11) is 0. The molecule has 0 aliphatic carbocycles. The quantitative estimate of drug-likeness (QED) is 0.276. The van der Waals surface area contributed by atoms with Gasteiger partial charge in [-0.1, -0.05) is 54.6 Å². The van der Waals surface area contributed by atoms with E-state index < -0.39 is 0 Å². The average Bonchev–Trinajstić information content (AvgIpc) is 3.55. The van der Waals surface area contributed by atoms with Gasteiger partial charge in [-0.15, -0.1) is 0 Å². The van der Waals surface area contributed by atoms with Crippen LogP contribution in [0.3, 0.4) is 0 Å². The summed E-state index contributed by atoms with van der Waals surface area (Å²) < 4.78 is 7.42. The van der Waals surface area contributed by atoms with Gasteiger partial charge in [-0.2, -0.15) is 0 Å². The molecule has 0 spiro atoms. The van der Waals surface area contributed by atoms with Crippen molar-refractivity contribution in [3.63, 3.8) is 0 Å². The number of rotatable bonds is 8. The molecule has 0 fully saturated rings. The Morgan fingerprint density at radius 3 is 2.56 bits per heavy atom. The summed E-state index contributed by atoms with van der Waals surface area (Å²) in [6.07, 6.45) is 6.95. The van der Waals surface area contributed by atoms with E-state index >= 15 is 0 Å². The highest BCUT2D eigenvalue weighted by atomic mass is 16.3. The molecule has 2 heterocycles. The van der Waals surface area contributed by atoms with Gasteiger partial charge in [-0.3, -0.25) is 9.59 Å². The molecule has 0 saturated carbocycles. The molecule has 6 nitrogen and oxygen atoms in total. The van der Waals surface area contributed by atoms with Crippen LogP contribution in [0, 0.1) is 0 Å². The SMILES string of the molecule is O=C(/C=C/c1cn(Cc2ccccc2)c2ccccc12)Nc1cccc(C(=O)NCc2ccco2)c1. The first-order valence-corrected chi connectivity index (χ1v) is 11.7. The third-order valence-corrected chi connectivity index (χ3v) is 5.82. The van der Waals surface area contributed by atoms with Crippen molar-refractivity contribution in [1.29, 1.82) is 0 Å². The molecule has 2 N–H and O–H groups in total. The maximum absolute atomic E-state index is 12.7. The van der Waals surface area contributed by atoms with E-state index in [2.05, 4.69) is 45.7 Å². The van der Waals surface area contributed by atoms with E-state index in [0.29, 0.717) is 23.6 Å². The van der Waals surface area contributed by atoms with Crippen molar-refractivity contribution in [2.24, 2.45) is 0 Å². The minimum Gasteiger partial charge on any atom is -0.467 e. The normalized spacial score (nSPS) is 11.1. The van der Waals surface area contributed by atoms with Crippen LogP contribution in [-0.2, 0) is 17.9 Å². The molecule has 5 aromatic rings. The number of nitrogens with one attached hydrogen (secondary N) is 2. The maximum atomic E-state index is 12.7. The molecule has 0 saturated heterocycles. The van der Waals surface area contributed by atoms with E-state index in [9.17, 15) is 9.59 Å². The van der Waals surface area contributed by atoms with Gasteiger partial charge < -0.3 is 19.6 Å². The fourth-order valence-corrected chi connectivity index (χ4v) is 4.09. The van der Waals surface area contributed by atoms with Gasteiger partial charge in [-0.05, 0) is 48.0 Å². The lowest BCUT2D eigenvalue weighted by molar-refractivity contribution is -0.111. The fraction of sp³-hybridized carbons (Fsp3) is 0.0667. The van der Waals surface area contributed by atoms with E-state index in [-0.39, 0.29) is 11.8 Å². The predicted octanol–water partition coefficient (Wildman–Crippen LogP) is 5.86. The van der Waals surface area contributed by atoms with Crippen molar-refractivity contribution in [3.8, 4) is 0 Å². The van der Waals surface area contributed by atoms with E-state index in [0.717, 1.165) is 23.0 Å². The minimum atomic E-state index is -0.275. The Morgan fingerprint density at radius 2 is 1.72 bits per heavy atom. The summed E-state index contributed by atoms with van der Waals surface area (Å²) in [5, 5.41) is 6.72. The van der Waals surface area contributed by atoms with Crippen LogP contribution < -0.4 is 10.6 Å². The number of hydrogen-bond acceptors (Lipinski definition) is 3. The third kappa shape index (κ3) is 5.45. The van der Waals surface area contributed by atoms with E-state index in [1.54, 1.807) is 42.7 Å². The molecule has 0 bridgehead atoms. The first-order valence-electron chi connectivity index (χ1n) is 11.7. The number of hydrogen-bond donors (Lipinski definition) is 2. The number of anilines is 1. The molecule has 0 unspecified atom stereocenters. The third-order valence-electron chi connectivity index (χ3n) is 5.82. The van der Waals surface area contributed by atoms with Crippen LogP contribution in [0.1, 0.15) is 27.2 Å². The molecule has 36 heavy (non-hydrogen) atoms. The zero-order valence-corrected chi connectivity index (χ0v) is 19.6. The number of carbonyl (C=O) groups is 2. The van der Waals surface area contributed by atoms with Crippen molar-refractivity contribution >= 4 is 34.5 Å². The molecule has 178 valence electrons. The number of benzene rings is 3. The summed E-state index contributed by atoms with van der Waals surface area (Å²) in [5.41, 5.74) is 4.27. The van der Waals surface area contributed by atoms with Crippen molar-refractivity contribution in [2.75, 3.05) is 5.32 Å². The lowest BCUT2D eigenvalue weighted by Gasteiger charge is -2.06. The van der Waals surface area contributed by atoms with Crippen molar-refractivity contribution < 1.29 is 14.0 Å². The number of nitrogens with zero attached hydrogens (tertiary/aromatic N) is 1. The van der Waals surface area contributed by atoms with E-state index in [1.807, 2.05) is 36.4 Å². The Hall–Kier alpha value is -4.84. The van der Waals surface area contributed by atoms with Gasteiger partial charge in [0.25, 0.3) is 5.91 Å². The lowest BCUT2D eigenvalue weighted by Crippen LogP contribution is -2.22. The Labute approximate surface area is 208 Å². The second-order valence-electron chi connectivity index (χ2n) is 8.38. The van der Waals surface area contributed by atoms with Crippen molar-refractivity contribution in [2.45, 2.75) is 13.1 Å². The van der Waals surface area contributed by atoms with Gasteiger partial charge in [0.05, 0.1) is 12.8 Å². The summed E-state index contributed by atoms with van der Waals surface area (Å²) >= 11 is 0. The second-order valence-corrected chi connectivity index (χ2v) is 8.38. The molecule has 0 aliphatic rings. The Morgan fingerprint density at radius 1 is 0.889 bits per heavy atom. The van der Waals surface area contributed by atoms with Gasteiger partial charge >= 0.3 is 0 Å². The van der Waals surface area contributed by atoms with Crippen LogP contribution in [0.25, 0.3) is 17.0 Å². The Bertz CT molecular complexity index is 1520. The van der Waals surface area contributed by atoms with Crippen LogP contribution in [0.15, 0.2) is 114 Å². The monoisotopic (exact) mass is 475 g/mol. The molecule has 3 aromatic carbocycles. The predicted molar refractivity (Wildman–Crippen MR) is 141 cm³/mol. The molecule has 0 aliphatic heterocycles. The minimum absolute atomic E-state index is 0.246. The fourth-order valence-electron chi connectivity index (χ4n) is 4.09. The molecular formula is C30H25N3O3. The highest BCUT2D eigenvalue weighted by Crippen LogP contribution is 2.23. The van der Waals surface area contributed by atoms with Crippen molar-refractivity contribution in [1.82, 2.24) is 9.88 Å². The zero-order valence-electron chi connectivity index (χ0n) is 19.6. The maximum Gasteiger partial charge on any atom is 0.251 e. The molecule has 0 radical (unpaired) electrons. The number of carbonyl (C=O) groups excluding carboxylic acids is 2. The van der Waals surface area contributed by atoms with Crippen LogP contribution in [0.4, 0.5) is 5.69 Å². The van der Waals surface area contributed by atoms with Gasteiger partial charge in [0.2, 0.25) is 5.91 Å². The average molecular weight is 476 g/mol. The molecule has 6 heteroatoms. The smallest absolute Gasteiger partial charge is 0.251 e. The van der Waals surface area contributed by atoms with Crippen LogP contribution >= 0.6 is 0 Å². The lowest BCUT2D eigenvalue weighted by atomic mass is 10.1. The second kappa shape index (κ2) is 10.6. The zero-order chi connectivity index (χ0) is 24.7. The van der Waals surface area contributed by atoms with Gasteiger partial charge in [-0.25, -0.2) is 0 Å². The number of furan rings is 1.